The highest BCUT2D eigenvalue weighted by Crippen LogP contribution is 2.38. The van der Waals surface area contributed by atoms with Gasteiger partial charge in [0.15, 0.2) is 0 Å². The molecule has 0 heterocycles. The number of aliphatic hydroxyl groups excluding tert-OH is 1. The standard InChI is InChI=1S/C47H91N2O6P/c1-6-8-10-12-14-16-18-19-20-21-22-23-24-25-26-27-28-29-31-33-35-37-39-41-47(51)48-45(44-55-56(52,53)54-43-42-49(3,4)5)46(50)40-38-36-34-32-30-17-15-13-11-9-7-2/h19-20,34,36,38,40,45-46,50H,6-18,21-33,35,37,39,41-44H2,1-5H3,(H-,48,51,52,53)/b20-19+,36-34+,40-38+/t45-,46+/m0/s1. The van der Waals surface area contributed by atoms with E-state index in [1.807, 2.05) is 27.2 Å². The molecule has 1 amide bonds. The molecule has 0 saturated heterocycles. The highest BCUT2D eigenvalue weighted by Gasteiger charge is 2.23. The average Bonchev–Trinajstić information content (AvgIpc) is 3.15. The Kier molecular flexibility index (Phi) is 38.3. The number of rotatable bonds is 42. The van der Waals surface area contributed by atoms with Crippen LogP contribution in [0.25, 0.3) is 0 Å². The van der Waals surface area contributed by atoms with Crippen molar-refractivity contribution in [1.82, 2.24) is 5.32 Å². The van der Waals surface area contributed by atoms with Gasteiger partial charge < -0.3 is 28.8 Å². The third kappa shape index (κ3) is 40.9. The molecule has 9 heteroatoms. The Morgan fingerprint density at radius 2 is 1.04 bits per heavy atom. The number of nitrogens with one attached hydrogen (secondary N) is 1. The van der Waals surface area contributed by atoms with Gasteiger partial charge in [-0.2, -0.15) is 0 Å². The Labute approximate surface area is 347 Å². The van der Waals surface area contributed by atoms with Gasteiger partial charge in [-0.15, -0.1) is 0 Å². The minimum atomic E-state index is -4.60. The monoisotopic (exact) mass is 811 g/mol. The van der Waals surface area contributed by atoms with E-state index in [4.69, 9.17) is 9.05 Å². The van der Waals surface area contributed by atoms with Crippen molar-refractivity contribution in [2.75, 3.05) is 40.9 Å². The van der Waals surface area contributed by atoms with E-state index in [2.05, 4.69) is 37.4 Å². The Balaban J connectivity index is 4.26. The molecular weight excluding hydrogens is 719 g/mol. The van der Waals surface area contributed by atoms with Crippen molar-refractivity contribution in [3.63, 3.8) is 0 Å². The molecule has 2 N–H and O–H groups in total. The molecule has 8 nitrogen and oxygen atoms in total. The first-order valence-electron chi connectivity index (χ1n) is 23.4. The number of allylic oxidation sites excluding steroid dienone is 5. The molecule has 0 aliphatic carbocycles. The van der Waals surface area contributed by atoms with E-state index in [0.717, 1.165) is 32.1 Å². The number of hydrogen-bond donors (Lipinski definition) is 2. The Hall–Kier alpha value is -1.28. The predicted molar refractivity (Wildman–Crippen MR) is 238 cm³/mol. The summed E-state index contributed by atoms with van der Waals surface area (Å²) < 4.78 is 23.1. The maximum atomic E-state index is 12.8. The Bertz CT molecular complexity index is 1010. The number of carbonyl (C=O) groups excluding carboxylic acids is 1. The lowest BCUT2D eigenvalue weighted by atomic mass is 10.0. The smallest absolute Gasteiger partial charge is 0.268 e. The molecule has 0 spiro atoms. The first kappa shape index (κ1) is 54.7. The van der Waals surface area contributed by atoms with Crippen molar-refractivity contribution in [3.05, 3.63) is 36.5 Å². The number of amides is 1. The van der Waals surface area contributed by atoms with Crippen LogP contribution in [-0.4, -0.2) is 68.5 Å². The number of phosphoric acid groups is 1. The second-order valence-electron chi connectivity index (χ2n) is 17.1. The van der Waals surface area contributed by atoms with Crippen LogP contribution in [0.5, 0.6) is 0 Å². The van der Waals surface area contributed by atoms with Crippen LogP contribution < -0.4 is 10.2 Å². The normalized spacial score (nSPS) is 14.6. The third-order valence-electron chi connectivity index (χ3n) is 10.4. The maximum Gasteiger partial charge on any atom is 0.268 e. The zero-order valence-electron chi connectivity index (χ0n) is 37.3. The van der Waals surface area contributed by atoms with E-state index < -0.39 is 26.6 Å². The van der Waals surface area contributed by atoms with Gasteiger partial charge in [-0.3, -0.25) is 9.36 Å². The fraction of sp³-hybridized carbons (Fsp3) is 0.851. The van der Waals surface area contributed by atoms with Crippen LogP contribution in [0.3, 0.4) is 0 Å². The van der Waals surface area contributed by atoms with Gasteiger partial charge in [-0.25, -0.2) is 0 Å². The number of phosphoric ester groups is 1. The van der Waals surface area contributed by atoms with Crippen LogP contribution in [-0.2, 0) is 18.4 Å². The summed E-state index contributed by atoms with van der Waals surface area (Å²) in [5.74, 6) is -0.216. The molecular formula is C47H91N2O6P. The molecule has 0 aliphatic heterocycles. The molecule has 0 bridgehead atoms. The molecule has 0 radical (unpaired) electrons. The van der Waals surface area contributed by atoms with E-state index in [1.54, 1.807) is 12.2 Å². The fourth-order valence-corrected chi connectivity index (χ4v) is 7.34. The lowest BCUT2D eigenvalue weighted by Gasteiger charge is -2.29. The zero-order valence-corrected chi connectivity index (χ0v) is 38.2. The van der Waals surface area contributed by atoms with E-state index in [0.29, 0.717) is 17.4 Å². The van der Waals surface area contributed by atoms with Gasteiger partial charge in [-0.05, 0) is 44.9 Å². The summed E-state index contributed by atoms with van der Waals surface area (Å²) in [5.41, 5.74) is 0. The molecule has 0 aromatic carbocycles. The van der Waals surface area contributed by atoms with Gasteiger partial charge >= 0.3 is 0 Å². The van der Waals surface area contributed by atoms with E-state index >= 15 is 0 Å². The number of nitrogens with zero attached hydrogens (tertiary/aromatic N) is 1. The summed E-state index contributed by atoms with van der Waals surface area (Å²) in [6.07, 6.45) is 47.9. The number of unbranched alkanes of at least 4 members (excludes halogenated alkanes) is 26. The lowest BCUT2D eigenvalue weighted by Crippen LogP contribution is -2.45. The van der Waals surface area contributed by atoms with Crippen LogP contribution in [0.4, 0.5) is 0 Å². The largest absolute Gasteiger partial charge is 0.756 e. The number of carbonyl (C=O) groups is 1. The maximum absolute atomic E-state index is 12.8. The van der Waals surface area contributed by atoms with Crippen molar-refractivity contribution in [3.8, 4) is 0 Å². The lowest BCUT2D eigenvalue weighted by molar-refractivity contribution is -0.870. The molecule has 0 aromatic rings. The molecule has 0 saturated carbocycles. The molecule has 56 heavy (non-hydrogen) atoms. The number of quaternary nitrogens is 1. The van der Waals surface area contributed by atoms with Gasteiger partial charge in [0.2, 0.25) is 5.91 Å². The highest BCUT2D eigenvalue weighted by atomic mass is 31.2. The van der Waals surface area contributed by atoms with Crippen LogP contribution in [0.15, 0.2) is 36.5 Å². The summed E-state index contributed by atoms with van der Waals surface area (Å²) in [6.45, 7) is 4.58. The van der Waals surface area contributed by atoms with Crippen molar-refractivity contribution in [2.45, 2.75) is 219 Å². The van der Waals surface area contributed by atoms with Gasteiger partial charge in [0.1, 0.15) is 13.2 Å². The number of likely N-dealkylation sites (N-methyl/N-ethyl adjacent to an activating group) is 1. The van der Waals surface area contributed by atoms with Gasteiger partial charge in [-0.1, -0.05) is 192 Å². The first-order valence-corrected chi connectivity index (χ1v) is 24.8. The van der Waals surface area contributed by atoms with Gasteiger partial charge in [0.05, 0.1) is 39.9 Å². The van der Waals surface area contributed by atoms with E-state index in [9.17, 15) is 19.4 Å². The van der Waals surface area contributed by atoms with Crippen LogP contribution in [0.1, 0.15) is 206 Å². The second kappa shape index (κ2) is 39.2. The average molecular weight is 811 g/mol. The Morgan fingerprint density at radius 3 is 1.48 bits per heavy atom. The molecule has 0 fully saturated rings. The van der Waals surface area contributed by atoms with Crippen molar-refractivity contribution in [2.24, 2.45) is 0 Å². The number of hydrogen-bond acceptors (Lipinski definition) is 6. The van der Waals surface area contributed by atoms with Crippen LogP contribution in [0, 0.1) is 0 Å². The van der Waals surface area contributed by atoms with E-state index in [1.165, 1.54) is 154 Å². The van der Waals surface area contributed by atoms with Gasteiger partial charge in [0.25, 0.3) is 7.82 Å². The second-order valence-corrected chi connectivity index (χ2v) is 18.6. The molecule has 3 atom stereocenters. The van der Waals surface area contributed by atoms with Gasteiger partial charge in [0, 0.05) is 6.42 Å². The topological polar surface area (TPSA) is 108 Å². The van der Waals surface area contributed by atoms with Crippen molar-refractivity contribution >= 4 is 13.7 Å². The Morgan fingerprint density at radius 1 is 0.625 bits per heavy atom. The first-order chi connectivity index (χ1) is 27.0. The predicted octanol–water partition coefficient (Wildman–Crippen LogP) is 12.5. The summed E-state index contributed by atoms with van der Waals surface area (Å²) in [6, 6.07) is -0.916. The SMILES string of the molecule is CCCCCCCC/C=C/CCCCCCCCCCCCCCCC(=O)N[C@@H](COP(=O)([O-])OCC[N+](C)(C)C)[C@H](O)/C=C/C=C/CCCCCCCCC. The summed E-state index contributed by atoms with van der Waals surface area (Å²) >= 11 is 0. The summed E-state index contributed by atoms with van der Waals surface area (Å²) in [5, 5.41) is 13.7. The molecule has 0 aliphatic rings. The molecule has 0 rings (SSSR count). The minimum absolute atomic E-state index is 0.00878. The number of aliphatic hydroxyl groups is 1. The van der Waals surface area contributed by atoms with Crippen LogP contribution in [0.2, 0.25) is 0 Å². The zero-order chi connectivity index (χ0) is 41.4. The molecule has 0 aromatic heterocycles. The summed E-state index contributed by atoms with van der Waals surface area (Å²) in [4.78, 5) is 25.3. The quantitative estimate of drug-likeness (QED) is 0.0209. The third-order valence-corrected chi connectivity index (χ3v) is 11.3. The highest BCUT2D eigenvalue weighted by molar-refractivity contribution is 7.45. The molecule has 1 unspecified atom stereocenters. The molecule has 330 valence electrons. The van der Waals surface area contributed by atoms with Crippen LogP contribution >= 0.6 is 7.82 Å². The minimum Gasteiger partial charge on any atom is -0.756 e. The van der Waals surface area contributed by atoms with E-state index in [-0.39, 0.29) is 12.5 Å². The summed E-state index contributed by atoms with van der Waals surface area (Å²) in [7, 11) is 1.23. The van der Waals surface area contributed by atoms with Crippen molar-refractivity contribution < 1.29 is 32.9 Å². The van der Waals surface area contributed by atoms with Crippen molar-refractivity contribution in [1.29, 1.82) is 0 Å². The fourth-order valence-electron chi connectivity index (χ4n) is 6.62.